The summed E-state index contributed by atoms with van der Waals surface area (Å²) in [6.45, 7) is 1.26. The van der Waals surface area contributed by atoms with Gasteiger partial charge in [-0.3, -0.25) is 4.98 Å². The second kappa shape index (κ2) is 5.23. The topological polar surface area (TPSA) is 46.0 Å². The first-order valence-corrected chi connectivity index (χ1v) is 6.08. The van der Waals surface area contributed by atoms with Gasteiger partial charge in [0.1, 0.15) is 22.3 Å². The zero-order valence-corrected chi connectivity index (χ0v) is 11.4. The maximum atomic E-state index is 13.2. The summed E-state index contributed by atoms with van der Waals surface area (Å²) in [6, 6.07) is 2.71. The summed E-state index contributed by atoms with van der Waals surface area (Å²) >= 11 is 5.72. The van der Waals surface area contributed by atoms with E-state index in [1.165, 1.54) is 13.1 Å². The number of aliphatic hydroxyl groups is 1. The van der Waals surface area contributed by atoms with Crippen LogP contribution in [-0.4, -0.2) is 15.1 Å². The molecule has 1 atom stereocenters. The molecule has 3 nitrogen and oxygen atoms in total. The van der Waals surface area contributed by atoms with Crippen molar-refractivity contribution < 1.29 is 22.7 Å². The van der Waals surface area contributed by atoms with Crippen LogP contribution in [0.5, 0.6) is 0 Å². The van der Waals surface area contributed by atoms with Crippen molar-refractivity contribution in [3.05, 3.63) is 58.4 Å². The van der Waals surface area contributed by atoms with Crippen LogP contribution in [0.2, 0.25) is 5.15 Å². The van der Waals surface area contributed by atoms with Crippen molar-refractivity contribution in [2.45, 2.75) is 18.7 Å². The van der Waals surface area contributed by atoms with Gasteiger partial charge < -0.3 is 5.11 Å². The molecule has 112 valence electrons. The Labute approximate surface area is 122 Å². The first kappa shape index (κ1) is 15.7. The normalized spacial score (nSPS) is 14.8. The van der Waals surface area contributed by atoms with Gasteiger partial charge in [-0.15, -0.1) is 0 Å². The third kappa shape index (κ3) is 3.14. The molecule has 0 bridgehead atoms. The van der Waals surface area contributed by atoms with Crippen LogP contribution in [-0.2, 0) is 11.8 Å². The molecular formula is C13H9ClF4N2O. The number of nitrogens with zero attached hydrogens (tertiary/aromatic N) is 2. The zero-order valence-electron chi connectivity index (χ0n) is 10.6. The third-order valence-corrected chi connectivity index (χ3v) is 3.22. The lowest BCUT2D eigenvalue weighted by Gasteiger charge is -2.25. The second-order valence-corrected chi connectivity index (χ2v) is 4.85. The van der Waals surface area contributed by atoms with Crippen molar-refractivity contribution in [1.29, 1.82) is 0 Å². The Bertz CT molecular complexity index is 673. The standard InChI is InChI=1S/C13H9ClF4N2O/c1-12(21,7-4-8(15)6-19-5-7)9-2-3-10(13(16,17)18)20-11(9)14/h2-6,21H,1H3. The largest absolute Gasteiger partial charge is 0.433 e. The fraction of sp³-hybridized carbons (Fsp3) is 0.231. The monoisotopic (exact) mass is 320 g/mol. The van der Waals surface area contributed by atoms with Crippen LogP contribution in [0.4, 0.5) is 17.6 Å². The van der Waals surface area contributed by atoms with Gasteiger partial charge in [0.25, 0.3) is 0 Å². The number of rotatable bonds is 2. The van der Waals surface area contributed by atoms with Gasteiger partial charge in [-0.25, -0.2) is 9.37 Å². The van der Waals surface area contributed by atoms with Crippen molar-refractivity contribution in [3.8, 4) is 0 Å². The number of alkyl halides is 3. The minimum absolute atomic E-state index is 0.0472. The highest BCUT2D eigenvalue weighted by Crippen LogP contribution is 2.35. The smallest absolute Gasteiger partial charge is 0.381 e. The molecular weight excluding hydrogens is 312 g/mol. The molecule has 2 heterocycles. The summed E-state index contributed by atoms with van der Waals surface area (Å²) in [7, 11) is 0. The number of aromatic nitrogens is 2. The van der Waals surface area contributed by atoms with E-state index in [0.29, 0.717) is 6.07 Å². The molecule has 0 aliphatic heterocycles. The SMILES string of the molecule is CC(O)(c1cncc(F)c1)c1ccc(C(F)(F)F)nc1Cl. The lowest BCUT2D eigenvalue weighted by molar-refractivity contribution is -0.141. The van der Waals surface area contributed by atoms with E-state index in [0.717, 1.165) is 18.3 Å². The number of hydrogen-bond donors (Lipinski definition) is 1. The molecule has 1 unspecified atom stereocenters. The van der Waals surface area contributed by atoms with Crippen LogP contribution < -0.4 is 0 Å². The molecule has 0 amide bonds. The lowest BCUT2D eigenvalue weighted by atomic mass is 9.90. The van der Waals surface area contributed by atoms with E-state index in [-0.39, 0.29) is 11.1 Å². The Kier molecular flexibility index (Phi) is 3.90. The van der Waals surface area contributed by atoms with Gasteiger partial charge in [0, 0.05) is 17.3 Å². The summed E-state index contributed by atoms with van der Waals surface area (Å²) in [5.74, 6) is -0.691. The second-order valence-electron chi connectivity index (χ2n) is 4.50. The molecule has 0 radical (unpaired) electrons. The van der Waals surface area contributed by atoms with E-state index in [4.69, 9.17) is 11.6 Å². The highest BCUT2D eigenvalue weighted by Gasteiger charge is 2.35. The van der Waals surface area contributed by atoms with Gasteiger partial charge in [-0.2, -0.15) is 13.2 Å². The van der Waals surface area contributed by atoms with Crippen LogP contribution in [0.25, 0.3) is 0 Å². The Morgan fingerprint density at radius 1 is 1.19 bits per heavy atom. The van der Waals surface area contributed by atoms with Gasteiger partial charge in [-0.1, -0.05) is 17.7 Å². The fourth-order valence-corrected chi connectivity index (χ4v) is 2.13. The third-order valence-electron chi connectivity index (χ3n) is 2.93. The predicted molar refractivity (Wildman–Crippen MR) is 67.1 cm³/mol. The quantitative estimate of drug-likeness (QED) is 0.680. The summed E-state index contributed by atoms with van der Waals surface area (Å²) in [6.07, 6.45) is -2.52. The van der Waals surface area contributed by atoms with E-state index in [1.54, 1.807) is 0 Å². The van der Waals surface area contributed by atoms with Gasteiger partial charge in [0.2, 0.25) is 0 Å². The van der Waals surface area contributed by atoms with Crippen LogP contribution in [0, 0.1) is 5.82 Å². The lowest BCUT2D eigenvalue weighted by Crippen LogP contribution is -2.24. The average molecular weight is 321 g/mol. The molecule has 2 aromatic rings. The highest BCUT2D eigenvalue weighted by molar-refractivity contribution is 6.30. The van der Waals surface area contributed by atoms with Crippen LogP contribution in [0.3, 0.4) is 0 Å². The van der Waals surface area contributed by atoms with Gasteiger partial charge in [-0.05, 0) is 19.1 Å². The number of halogens is 5. The van der Waals surface area contributed by atoms with Crippen LogP contribution in [0.1, 0.15) is 23.7 Å². The molecule has 0 aliphatic carbocycles. The fourth-order valence-electron chi connectivity index (χ4n) is 1.79. The van der Waals surface area contributed by atoms with Gasteiger partial charge in [0.15, 0.2) is 0 Å². The zero-order chi connectivity index (χ0) is 15.8. The Morgan fingerprint density at radius 3 is 2.38 bits per heavy atom. The summed E-state index contributed by atoms with van der Waals surface area (Å²) < 4.78 is 50.7. The molecule has 0 aromatic carbocycles. The molecule has 0 saturated carbocycles. The first-order valence-electron chi connectivity index (χ1n) is 5.70. The molecule has 2 rings (SSSR count). The minimum atomic E-state index is -4.64. The molecule has 0 saturated heterocycles. The number of hydrogen-bond acceptors (Lipinski definition) is 3. The van der Waals surface area contributed by atoms with Crippen molar-refractivity contribution in [2.24, 2.45) is 0 Å². The molecule has 0 fully saturated rings. The van der Waals surface area contributed by atoms with Crippen molar-refractivity contribution in [2.75, 3.05) is 0 Å². The van der Waals surface area contributed by atoms with E-state index in [9.17, 15) is 22.7 Å². The Balaban J connectivity index is 2.50. The highest BCUT2D eigenvalue weighted by atomic mass is 35.5. The average Bonchev–Trinajstić information content (AvgIpc) is 2.37. The summed E-state index contributed by atoms with van der Waals surface area (Å²) in [5, 5.41) is 9.93. The molecule has 0 aliphatic rings. The Morgan fingerprint density at radius 2 is 1.86 bits per heavy atom. The van der Waals surface area contributed by atoms with Gasteiger partial charge in [0.05, 0.1) is 6.20 Å². The van der Waals surface area contributed by atoms with Crippen LogP contribution >= 0.6 is 11.6 Å². The van der Waals surface area contributed by atoms with E-state index < -0.39 is 28.4 Å². The maximum absolute atomic E-state index is 13.2. The molecule has 2 aromatic heterocycles. The van der Waals surface area contributed by atoms with Crippen LogP contribution in [0.15, 0.2) is 30.6 Å². The minimum Gasteiger partial charge on any atom is -0.381 e. The van der Waals surface area contributed by atoms with Crippen molar-refractivity contribution in [3.63, 3.8) is 0 Å². The first-order chi connectivity index (χ1) is 9.62. The summed E-state index contributed by atoms with van der Waals surface area (Å²) in [5.41, 5.74) is -3.04. The number of pyridine rings is 2. The van der Waals surface area contributed by atoms with E-state index in [1.807, 2.05) is 0 Å². The van der Waals surface area contributed by atoms with E-state index >= 15 is 0 Å². The molecule has 0 spiro atoms. The van der Waals surface area contributed by atoms with E-state index in [2.05, 4.69) is 9.97 Å². The maximum Gasteiger partial charge on any atom is 0.433 e. The Hall–Kier alpha value is -1.73. The van der Waals surface area contributed by atoms with Crippen molar-refractivity contribution >= 4 is 11.6 Å². The van der Waals surface area contributed by atoms with Crippen molar-refractivity contribution in [1.82, 2.24) is 9.97 Å². The van der Waals surface area contributed by atoms with Gasteiger partial charge >= 0.3 is 6.18 Å². The summed E-state index contributed by atoms with van der Waals surface area (Å²) in [4.78, 5) is 6.81. The molecule has 1 N–H and O–H groups in total. The molecule has 21 heavy (non-hydrogen) atoms. The predicted octanol–water partition coefficient (Wildman–Crippen LogP) is 3.54. The molecule has 8 heteroatoms.